The van der Waals surface area contributed by atoms with Gasteiger partial charge in [-0.25, -0.2) is 9.63 Å². The van der Waals surface area contributed by atoms with Gasteiger partial charge in [0.2, 0.25) is 16.7 Å². The monoisotopic (exact) mass is 966 g/mol. The number of ether oxygens (including phenoxy) is 1. The molecule has 378 valence electrons. The van der Waals surface area contributed by atoms with E-state index in [1.165, 1.54) is 9.91 Å². The Hall–Kier alpha value is -5.85. The number of methoxy groups -OCH3 is 1. The summed E-state index contributed by atoms with van der Waals surface area (Å²) in [6.45, 7) is 16.0. The molecular formula is C52H73N10O8+. The molecule has 0 aliphatic carbocycles. The van der Waals surface area contributed by atoms with Crippen molar-refractivity contribution < 1.29 is 38.8 Å². The molecule has 0 spiro atoms. The average molecular weight is 966 g/mol. The molecule has 0 unspecified atom stereocenters. The van der Waals surface area contributed by atoms with E-state index in [0.29, 0.717) is 55.8 Å². The number of hydrazine groups is 1. The second-order valence-corrected chi connectivity index (χ2v) is 21.1. The normalized spacial score (nSPS) is 23.9. The lowest BCUT2D eigenvalue weighted by Gasteiger charge is -2.49. The van der Waals surface area contributed by atoms with Gasteiger partial charge in [0.15, 0.2) is 6.61 Å². The lowest BCUT2D eigenvalue weighted by atomic mass is 9.83. The van der Waals surface area contributed by atoms with E-state index in [1.807, 2.05) is 50.9 Å². The fourth-order valence-corrected chi connectivity index (χ4v) is 11.3. The molecule has 3 aromatic rings. The van der Waals surface area contributed by atoms with Gasteiger partial charge in [-0.2, -0.15) is 5.43 Å². The number of phenols is 1. The molecule has 70 heavy (non-hydrogen) atoms. The fraction of sp³-hybridized carbons (Fsp3) is 0.596. The molecule has 7 atom stereocenters. The number of aryl methyl sites for hydroxylation is 1. The molecule has 18 heteroatoms. The number of fused-ring (bicyclic) bond motifs is 7. The van der Waals surface area contributed by atoms with Crippen molar-refractivity contribution in [3.8, 4) is 16.9 Å². The van der Waals surface area contributed by atoms with E-state index in [-0.39, 0.29) is 73.8 Å². The molecule has 3 fully saturated rings. The van der Waals surface area contributed by atoms with Crippen LogP contribution < -0.4 is 16.5 Å². The van der Waals surface area contributed by atoms with Crippen LogP contribution in [0, 0.1) is 22.2 Å². The highest BCUT2D eigenvalue weighted by molar-refractivity contribution is 5.95. The third-order valence-corrected chi connectivity index (χ3v) is 15.1. The van der Waals surface area contributed by atoms with Crippen molar-refractivity contribution in [3.63, 3.8) is 0 Å². The highest BCUT2D eigenvalue weighted by Crippen LogP contribution is 2.42. The smallest absolute Gasteiger partial charge is 0.326 e. The third-order valence-electron chi connectivity index (χ3n) is 15.1. The van der Waals surface area contributed by atoms with Gasteiger partial charge >= 0.3 is 12.2 Å². The molecule has 5 aliphatic rings. The molecule has 3 saturated heterocycles. The maximum atomic E-state index is 14.8. The molecule has 5 amide bonds. The molecule has 1 aromatic heterocycles. The van der Waals surface area contributed by atoms with Gasteiger partial charge in [-0.05, 0) is 98.4 Å². The van der Waals surface area contributed by atoms with Crippen molar-refractivity contribution >= 4 is 46.4 Å². The van der Waals surface area contributed by atoms with E-state index in [1.54, 1.807) is 31.2 Å². The predicted molar refractivity (Wildman–Crippen MR) is 267 cm³/mol. The van der Waals surface area contributed by atoms with Crippen LogP contribution in [0.3, 0.4) is 0 Å². The number of hydrogen-bond donors (Lipinski definition) is 4. The van der Waals surface area contributed by atoms with E-state index in [0.717, 1.165) is 57.4 Å². The number of allylic oxidation sites excluding steroid dienone is 1. The van der Waals surface area contributed by atoms with Gasteiger partial charge in [0, 0.05) is 93.7 Å². The van der Waals surface area contributed by atoms with Crippen LogP contribution >= 0.6 is 0 Å². The SMILES string of the molecule is CCn1c(C2=C([C@H](C)OC)N=CCC2)c2c3cc(ccc31)-c1cc(O)cc(c1)C[C@H](NC(=O)[C@H](C(C)C)N(C)C(=O)N1C[C@@H]3[C@H]1CCN3C(=O)[C@@H](C)CN)C(=O)N1CCC[C@H](N1)[N+](=O)OCC(C)(C)C2. The van der Waals surface area contributed by atoms with Gasteiger partial charge in [-0.15, -0.1) is 0 Å². The van der Waals surface area contributed by atoms with E-state index < -0.39 is 35.5 Å². The summed E-state index contributed by atoms with van der Waals surface area (Å²) in [5, 5.41) is 16.8. The summed E-state index contributed by atoms with van der Waals surface area (Å²) in [5.74, 6) is -1.69. The summed E-state index contributed by atoms with van der Waals surface area (Å²) in [6.07, 6.45) is 4.47. The number of aromatic nitrogens is 1. The van der Waals surface area contributed by atoms with Crippen LogP contribution in [0.5, 0.6) is 5.75 Å². The van der Waals surface area contributed by atoms with E-state index in [2.05, 4.69) is 48.2 Å². The van der Waals surface area contributed by atoms with Gasteiger partial charge in [-0.3, -0.25) is 24.4 Å². The van der Waals surface area contributed by atoms with Gasteiger partial charge in [-0.1, -0.05) is 46.8 Å². The third kappa shape index (κ3) is 9.78. The van der Waals surface area contributed by atoms with Crippen LogP contribution in [0.25, 0.3) is 27.6 Å². The van der Waals surface area contributed by atoms with Crippen molar-refractivity contribution in [2.45, 2.75) is 136 Å². The average Bonchev–Trinajstić information content (AvgIpc) is 3.83. The maximum absolute atomic E-state index is 14.8. The number of nitrogens with zero attached hydrogens (tertiary/aromatic N) is 7. The number of likely N-dealkylation sites (N-methyl/N-ethyl adjacent to an activating group) is 1. The number of nitrogens with one attached hydrogen (secondary N) is 2. The number of urea groups is 1. The molecule has 5 aliphatic heterocycles. The number of amides is 5. The Morgan fingerprint density at radius 3 is 2.56 bits per heavy atom. The highest BCUT2D eigenvalue weighted by atomic mass is 16.8. The summed E-state index contributed by atoms with van der Waals surface area (Å²) < 4.78 is 8.19. The van der Waals surface area contributed by atoms with Crippen molar-refractivity contribution in [3.05, 3.63) is 63.8 Å². The fourth-order valence-electron chi connectivity index (χ4n) is 11.3. The first-order chi connectivity index (χ1) is 33.4. The van der Waals surface area contributed by atoms with Crippen LogP contribution in [0.2, 0.25) is 0 Å². The van der Waals surface area contributed by atoms with Crippen molar-refractivity contribution in [1.29, 1.82) is 0 Å². The van der Waals surface area contributed by atoms with Crippen molar-refractivity contribution in [2.75, 3.05) is 46.9 Å². The first kappa shape index (κ1) is 50.5. The lowest BCUT2D eigenvalue weighted by Crippen LogP contribution is -2.68. The van der Waals surface area contributed by atoms with Gasteiger partial charge < -0.3 is 40.2 Å². The van der Waals surface area contributed by atoms with Crippen LogP contribution in [0.4, 0.5) is 4.79 Å². The Kier molecular flexibility index (Phi) is 14.8. The van der Waals surface area contributed by atoms with E-state index >= 15 is 0 Å². The first-order valence-electron chi connectivity index (χ1n) is 25.1. The quantitative estimate of drug-likeness (QED) is 0.204. The lowest BCUT2D eigenvalue weighted by molar-refractivity contribution is -0.835. The number of phenolic OH excluding ortho intramolecular Hbond substituents is 1. The summed E-state index contributed by atoms with van der Waals surface area (Å²) in [7, 11) is 3.29. The highest BCUT2D eigenvalue weighted by Gasteiger charge is 2.52. The van der Waals surface area contributed by atoms with E-state index in [4.69, 9.17) is 20.3 Å². The minimum Gasteiger partial charge on any atom is -0.508 e. The largest absolute Gasteiger partial charge is 0.508 e. The Morgan fingerprint density at radius 2 is 1.84 bits per heavy atom. The minimum absolute atomic E-state index is 0.00525. The second kappa shape index (κ2) is 20.5. The van der Waals surface area contributed by atoms with Crippen LogP contribution in [-0.4, -0.2) is 148 Å². The number of aliphatic imine (C=N–C) groups is 1. The maximum Gasteiger partial charge on any atom is 0.326 e. The van der Waals surface area contributed by atoms with E-state index in [9.17, 15) is 29.2 Å². The molecule has 8 rings (SSSR count). The Bertz CT molecular complexity index is 2590. The Labute approximate surface area is 411 Å². The van der Waals surface area contributed by atoms with Crippen molar-refractivity contribution in [1.82, 2.24) is 35.0 Å². The molecule has 6 bridgehead atoms. The number of likely N-dealkylation sites (tertiary alicyclic amines) is 2. The summed E-state index contributed by atoms with van der Waals surface area (Å²) in [5.41, 5.74) is 15.8. The van der Waals surface area contributed by atoms with Gasteiger partial charge in [0.05, 0.1) is 34.5 Å². The van der Waals surface area contributed by atoms with Crippen LogP contribution in [-0.2, 0) is 43.3 Å². The molecule has 6 heterocycles. The topological polar surface area (TPSA) is 207 Å². The molecule has 5 N–H and O–H groups in total. The summed E-state index contributed by atoms with van der Waals surface area (Å²) in [4.78, 5) is 87.1. The number of carbonyl (C=O) groups is 4. The number of aromatic hydroxyl groups is 1. The second-order valence-electron chi connectivity index (χ2n) is 21.1. The number of rotatable bonds is 10. The molecular weight excluding hydrogens is 893 g/mol. The zero-order chi connectivity index (χ0) is 50.3. The molecule has 0 radical (unpaired) electrons. The minimum atomic E-state index is -1.17. The summed E-state index contributed by atoms with van der Waals surface area (Å²) in [6, 6.07) is 8.80. The molecule has 2 aromatic carbocycles. The van der Waals surface area contributed by atoms with Crippen molar-refractivity contribution in [2.24, 2.45) is 28.0 Å². The predicted octanol–water partition coefficient (Wildman–Crippen LogP) is 5.37. The van der Waals surface area contributed by atoms with Gasteiger partial charge in [0.25, 0.3) is 5.91 Å². The number of carbonyl (C=O) groups excluding carboxylic acids is 4. The number of hydrogen-bond acceptors (Lipinski definition) is 11. The van der Waals surface area contributed by atoms with Crippen LogP contribution in [0.1, 0.15) is 97.4 Å². The number of nitrogens with two attached hydrogens (primary N) is 1. The Balaban J connectivity index is 1.16. The first-order valence-corrected chi connectivity index (χ1v) is 25.1. The molecule has 0 saturated carbocycles. The number of benzene rings is 2. The van der Waals surface area contributed by atoms with Gasteiger partial charge in [0.1, 0.15) is 17.8 Å². The summed E-state index contributed by atoms with van der Waals surface area (Å²) >= 11 is 0. The molecule has 18 nitrogen and oxygen atoms in total. The van der Waals surface area contributed by atoms with Crippen LogP contribution in [0.15, 0.2) is 47.1 Å². The zero-order valence-electron chi connectivity index (χ0n) is 42.4. The zero-order valence-corrected chi connectivity index (χ0v) is 42.4. The Morgan fingerprint density at radius 1 is 1.07 bits per heavy atom. The standard InChI is InChI=1S/C52H72N10O8/c1-10-58-41-16-15-34-25-38(41)39(47(58)37-13-11-18-54-45(37)32(5)69-9)26-52(6,7)29-70-62(68)44-14-12-19-61(56-44)50(66)40(23-33-21-35(34)24-36(63)22-33)55-48(64)46(30(2)3)57(8)51(67)60-28-43-42(60)17-20-59(43)49(65)31(4)27-53/h15-16,18,21-22,24-25,30-32,40,42-44,46,56H,10-14,17,19-20,23,26-29,53H2,1-9H3,(H-,55,63,64)/p+1/t31-,32-,40-,42+,43+,44+,46-/m0/s1.